The van der Waals surface area contributed by atoms with Crippen molar-refractivity contribution in [1.29, 1.82) is 0 Å². The lowest BCUT2D eigenvalue weighted by Crippen LogP contribution is -2.59. The molecule has 0 aliphatic heterocycles. The Kier molecular flexibility index (Phi) is 3.43. The molecule has 4 saturated carbocycles. The van der Waals surface area contributed by atoms with Gasteiger partial charge in [-0.05, 0) is 68.4 Å². The van der Waals surface area contributed by atoms with Gasteiger partial charge in [0.05, 0.1) is 5.56 Å². The molecule has 122 valence electrons. The van der Waals surface area contributed by atoms with Crippen LogP contribution in [0.25, 0.3) is 0 Å². The molecule has 1 aromatic carbocycles. The summed E-state index contributed by atoms with van der Waals surface area (Å²) < 4.78 is 5.19. The zero-order valence-corrected chi connectivity index (χ0v) is 13.5. The monoisotopic (exact) mass is 313 g/mol. The van der Waals surface area contributed by atoms with E-state index in [4.69, 9.17) is 4.74 Å². The van der Waals surface area contributed by atoms with Crippen LogP contribution in [0, 0.1) is 17.8 Å². The van der Waals surface area contributed by atoms with Crippen molar-refractivity contribution in [3.05, 3.63) is 29.8 Å². The van der Waals surface area contributed by atoms with Crippen molar-refractivity contribution in [1.82, 2.24) is 5.32 Å². The molecule has 4 nitrogen and oxygen atoms in total. The highest BCUT2D eigenvalue weighted by molar-refractivity contribution is 5.98. The van der Waals surface area contributed by atoms with Crippen molar-refractivity contribution in [2.24, 2.45) is 17.8 Å². The van der Waals surface area contributed by atoms with Crippen molar-refractivity contribution in [2.75, 3.05) is 0 Å². The molecule has 1 aromatic rings. The summed E-state index contributed by atoms with van der Waals surface area (Å²) in [6, 6.07) is 6.99. The number of amides is 1. The summed E-state index contributed by atoms with van der Waals surface area (Å²) in [6.45, 7) is 1.35. The number of ether oxygens (including phenoxy) is 1. The number of carbonyl (C=O) groups excluding carboxylic acids is 2. The van der Waals surface area contributed by atoms with Gasteiger partial charge in [-0.25, -0.2) is 0 Å². The fraction of sp³-hybridized carbons (Fsp3) is 0.579. The first-order chi connectivity index (χ1) is 11.0. The third-order valence-corrected chi connectivity index (χ3v) is 5.80. The number of carbonyl (C=O) groups is 2. The Morgan fingerprint density at radius 1 is 1.04 bits per heavy atom. The van der Waals surface area contributed by atoms with E-state index in [1.54, 1.807) is 18.2 Å². The predicted molar refractivity (Wildman–Crippen MR) is 86.1 cm³/mol. The molecule has 0 atom stereocenters. The van der Waals surface area contributed by atoms with E-state index in [0.717, 1.165) is 37.0 Å². The molecule has 4 fully saturated rings. The van der Waals surface area contributed by atoms with E-state index < -0.39 is 5.97 Å². The minimum Gasteiger partial charge on any atom is -0.426 e. The molecule has 0 unspecified atom stereocenters. The molecule has 4 aliphatic rings. The van der Waals surface area contributed by atoms with Gasteiger partial charge in [0.2, 0.25) is 0 Å². The van der Waals surface area contributed by atoms with Crippen LogP contribution in [0.2, 0.25) is 0 Å². The molecule has 0 aromatic heterocycles. The Morgan fingerprint density at radius 3 is 2.17 bits per heavy atom. The lowest BCUT2D eigenvalue weighted by atomic mass is 9.53. The zero-order valence-electron chi connectivity index (χ0n) is 13.5. The van der Waals surface area contributed by atoms with Gasteiger partial charge < -0.3 is 10.1 Å². The van der Waals surface area contributed by atoms with Crippen LogP contribution < -0.4 is 10.1 Å². The second kappa shape index (κ2) is 5.36. The van der Waals surface area contributed by atoms with Gasteiger partial charge in [0.15, 0.2) is 0 Å². The Bertz CT molecular complexity index is 616. The van der Waals surface area contributed by atoms with Crippen LogP contribution in [-0.2, 0) is 4.79 Å². The Balaban J connectivity index is 1.56. The Hall–Kier alpha value is -1.84. The fourth-order valence-electron chi connectivity index (χ4n) is 5.47. The normalized spacial score (nSPS) is 34.2. The van der Waals surface area contributed by atoms with Crippen LogP contribution in [0.3, 0.4) is 0 Å². The van der Waals surface area contributed by atoms with Gasteiger partial charge in [-0.1, -0.05) is 12.1 Å². The molecule has 23 heavy (non-hydrogen) atoms. The van der Waals surface area contributed by atoms with E-state index in [1.807, 2.05) is 6.07 Å². The van der Waals surface area contributed by atoms with Crippen molar-refractivity contribution in [3.63, 3.8) is 0 Å². The van der Waals surface area contributed by atoms with Crippen LogP contribution in [0.5, 0.6) is 5.75 Å². The average molecular weight is 313 g/mol. The van der Waals surface area contributed by atoms with Crippen LogP contribution in [0.1, 0.15) is 55.8 Å². The van der Waals surface area contributed by atoms with Crippen LogP contribution in [0.4, 0.5) is 0 Å². The van der Waals surface area contributed by atoms with Crippen molar-refractivity contribution < 1.29 is 14.3 Å². The minimum absolute atomic E-state index is 0.0326. The van der Waals surface area contributed by atoms with Gasteiger partial charge >= 0.3 is 5.97 Å². The first-order valence-corrected chi connectivity index (χ1v) is 8.63. The molecule has 5 rings (SSSR count). The summed E-state index contributed by atoms with van der Waals surface area (Å²) in [7, 11) is 0. The van der Waals surface area contributed by atoms with Gasteiger partial charge in [0, 0.05) is 12.5 Å². The summed E-state index contributed by atoms with van der Waals surface area (Å²) in [5.74, 6) is 2.19. The zero-order chi connectivity index (χ0) is 16.0. The number of rotatable bonds is 3. The van der Waals surface area contributed by atoms with Crippen molar-refractivity contribution >= 4 is 11.9 Å². The fourth-order valence-corrected chi connectivity index (χ4v) is 5.47. The quantitative estimate of drug-likeness (QED) is 0.688. The predicted octanol–water partition coefficient (Wildman–Crippen LogP) is 3.31. The minimum atomic E-state index is -0.403. The van der Waals surface area contributed by atoms with E-state index in [0.29, 0.717) is 11.3 Å². The maximum absolute atomic E-state index is 12.8. The molecule has 0 saturated heterocycles. The molecular weight excluding hydrogens is 290 g/mol. The average Bonchev–Trinajstić information content (AvgIpc) is 2.45. The molecule has 4 aliphatic carbocycles. The molecule has 0 heterocycles. The third-order valence-electron chi connectivity index (χ3n) is 5.80. The number of hydrogen-bond donors (Lipinski definition) is 1. The van der Waals surface area contributed by atoms with E-state index in [-0.39, 0.29) is 11.4 Å². The first-order valence-electron chi connectivity index (χ1n) is 8.63. The maximum Gasteiger partial charge on any atom is 0.308 e. The number of esters is 1. The SMILES string of the molecule is CC(=O)Oc1ccccc1C(=O)NC12CC3CC(CC(C3)C1)C2. The summed E-state index contributed by atoms with van der Waals surface area (Å²) >= 11 is 0. The summed E-state index contributed by atoms with van der Waals surface area (Å²) in [4.78, 5) is 24.1. The Labute approximate surface area is 136 Å². The van der Waals surface area contributed by atoms with Gasteiger partial charge in [0.25, 0.3) is 5.91 Å². The lowest BCUT2D eigenvalue weighted by Gasteiger charge is -2.56. The largest absolute Gasteiger partial charge is 0.426 e. The van der Waals surface area contributed by atoms with E-state index in [2.05, 4.69) is 5.32 Å². The van der Waals surface area contributed by atoms with Crippen LogP contribution in [0.15, 0.2) is 24.3 Å². The van der Waals surface area contributed by atoms with Crippen LogP contribution >= 0.6 is 0 Å². The van der Waals surface area contributed by atoms with E-state index in [9.17, 15) is 9.59 Å². The second-order valence-electron chi connectivity index (χ2n) is 7.74. The molecule has 0 spiro atoms. The van der Waals surface area contributed by atoms with Gasteiger partial charge in [-0.15, -0.1) is 0 Å². The molecule has 1 N–H and O–H groups in total. The molecular formula is C19H23NO3. The van der Waals surface area contributed by atoms with Crippen molar-refractivity contribution in [3.8, 4) is 5.75 Å². The van der Waals surface area contributed by atoms with Crippen LogP contribution in [-0.4, -0.2) is 17.4 Å². The standard InChI is InChI=1S/C19H23NO3/c1-12(21)23-17-5-3-2-4-16(17)18(22)20-19-9-13-6-14(10-19)8-15(7-13)11-19/h2-5,13-15H,6-11H2,1H3,(H,20,22). The van der Waals surface area contributed by atoms with Gasteiger partial charge in [-0.2, -0.15) is 0 Å². The lowest BCUT2D eigenvalue weighted by molar-refractivity contribution is -0.131. The van der Waals surface area contributed by atoms with Crippen molar-refractivity contribution in [2.45, 2.75) is 51.0 Å². The summed E-state index contributed by atoms with van der Waals surface area (Å²) in [6.07, 6.45) is 7.37. The highest BCUT2D eigenvalue weighted by Crippen LogP contribution is 2.55. The molecule has 4 heteroatoms. The number of benzene rings is 1. The Morgan fingerprint density at radius 2 is 1.61 bits per heavy atom. The highest BCUT2D eigenvalue weighted by atomic mass is 16.5. The van der Waals surface area contributed by atoms with Gasteiger partial charge in [0.1, 0.15) is 5.75 Å². The topological polar surface area (TPSA) is 55.4 Å². The maximum atomic E-state index is 12.8. The number of hydrogen-bond acceptors (Lipinski definition) is 3. The number of para-hydroxylation sites is 1. The highest BCUT2D eigenvalue weighted by Gasteiger charge is 2.51. The van der Waals surface area contributed by atoms with E-state index in [1.165, 1.54) is 26.2 Å². The third kappa shape index (κ3) is 2.75. The summed E-state index contributed by atoms with van der Waals surface area (Å²) in [5, 5.41) is 3.32. The van der Waals surface area contributed by atoms with Gasteiger partial charge in [-0.3, -0.25) is 9.59 Å². The smallest absolute Gasteiger partial charge is 0.308 e. The molecule has 1 amide bonds. The van der Waals surface area contributed by atoms with E-state index >= 15 is 0 Å². The summed E-state index contributed by atoms with van der Waals surface area (Å²) in [5.41, 5.74) is 0.424. The number of nitrogens with one attached hydrogen (secondary N) is 1. The first kappa shape index (κ1) is 14.7. The molecule has 4 bridgehead atoms. The second-order valence-corrected chi connectivity index (χ2v) is 7.74. The molecule has 0 radical (unpaired) electrons.